The van der Waals surface area contributed by atoms with Gasteiger partial charge in [-0.05, 0) is 6.92 Å². The lowest BCUT2D eigenvalue weighted by Gasteiger charge is -2.25. The van der Waals surface area contributed by atoms with Gasteiger partial charge < -0.3 is 19.5 Å². The lowest BCUT2D eigenvalue weighted by atomic mass is 10.0. The number of rotatable bonds is 4. The highest BCUT2D eigenvalue weighted by molar-refractivity contribution is 5.95. The Bertz CT molecular complexity index is 712. The van der Waals surface area contributed by atoms with Crippen molar-refractivity contribution in [3.05, 3.63) is 24.7 Å². The van der Waals surface area contributed by atoms with E-state index in [-0.39, 0.29) is 12.4 Å². The molecule has 0 spiro atoms. The lowest BCUT2D eigenvalue weighted by Crippen LogP contribution is -2.31. The molecule has 3 rings (SSSR count). The summed E-state index contributed by atoms with van der Waals surface area (Å²) in [5.74, 6) is 0.245. The Balaban J connectivity index is 2.18. The number of fused-ring (bicyclic) bond motifs is 1. The highest BCUT2D eigenvalue weighted by Gasteiger charge is 2.45. The number of anilines is 1. The molecule has 1 aliphatic rings. The number of nitrogens with one attached hydrogen (secondary N) is 1. The van der Waals surface area contributed by atoms with Crippen molar-refractivity contribution in [3.8, 4) is 0 Å². The van der Waals surface area contributed by atoms with Gasteiger partial charge in [0.25, 0.3) is 0 Å². The van der Waals surface area contributed by atoms with Gasteiger partial charge >= 0.3 is 0 Å². The van der Waals surface area contributed by atoms with E-state index in [1.807, 2.05) is 5.48 Å². The molecule has 0 radical (unpaired) electrons. The van der Waals surface area contributed by atoms with Gasteiger partial charge in [-0.1, -0.05) is 12.7 Å². The number of nitrogens with zero attached hydrogens (tertiary/aromatic N) is 3. The van der Waals surface area contributed by atoms with Gasteiger partial charge in [-0.25, -0.2) is 9.97 Å². The number of aliphatic hydroxyl groups excluding tert-OH is 1. The van der Waals surface area contributed by atoms with E-state index in [1.165, 1.54) is 6.33 Å². The fourth-order valence-electron chi connectivity index (χ4n) is 2.94. The summed E-state index contributed by atoms with van der Waals surface area (Å²) >= 11 is 0. The maximum atomic E-state index is 10.6. The summed E-state index contributed by atoms with van der Waals surface area (Å²) in [6.45, 7) is 5.23. The van der Waals surface area contributed by atoms with E-state index in [4.69, 9.17) is 4.74 Å². The van der Waals surface area contributed by atoms with Crippen LogP contribution in [0.1, 0.15) is 25.1 Å². The quantitative estimate of drug-likeness (QED) is 0.621. The molecule has 3 atom stereocenters. The van der Waals surface area contributed by atoms with Crippen LogP contribution >= 0.6 is 0 Å². The second kappa shape index (κ2) is 5.33. The first kappa shape index (κ1) is 14.9. The van der Waals surface area contributed by atoms with Crippen LogP contribution in [0.2, 0.25) is 0 Å². The predicted molar refractivity (Wildman–Crippen MR) is 79.3 cm³/mol. The number of hydrogen-bond acceptors (Lipinski definition) is 7. The van der Waals surface area contributed by atoms with Crippen molar-refractivity contribution >= 4 is 22.9 Å². The molecule has 3 unspecified atom stereocenters. The van der Waals surface area contributed by atoms with Crippen LogP contribution in [-0.2, 0) is 4.74 Å². The minimum Gasteiger partial charge on any atom is -0.394 e. The summed E-state index contributed by atoms with van der Waals surface area (Å²) in [5, 5.41) is 29.7. The maximum absolute atomic E-state index is 10.6. The van der Waals surface area contributed by atoms with Gasteiger partial charge in [-0.3, -0.25) is 10.7 Å². The topological polar surface area (TPSA) is 113 Å². The third kappa shape index (κ3) is 2.17. The van der Waals surface area contributed by atoms with E-state index >= 15 is 0 Å². The molecule has 1 saturated heterocycles. The van der Waals surface area contributed by atoms with Crippen LogP contribution in [0.4, 0.5) is 5.82 Å². The molecule has 8 heteroatoms. The molecule has 118 valence electrons. The molecule has 2 aromatic heterocycles. The molecule has 8 nitrogen and oxygen atoms in total. The van der Waals surface area contributed by atoms with E-state index in [0.717, 1.165) is 0 Å². The molecule has 0 aliphatic carbocycles. The molecule has 1 aliphatic heterocycles. The molecule has 0 amide bonds. The monoisotopic (exact) mass is 306 g/mol. The zero-order chi connectivity index (χ0) is 15.9. The summed E-state index contributed by atoms with van der Waals surface area (Å²) < 4.78 is 7.41. The van der Waals surface area contributed by atoms with E-state index in [1.54, 1.807) is 23.8 Å². The van der Waals surface area contributed by atoms with E-state index in [0.29, 0.717) is 23.0 Å². The van der Waals surface area contributed by atoms with Gasteiger partial charge in [0.05, 0.1) is 18.1 Å². The zero-order valence-corrected chi connectivity index (χ0v) is 12.1. The van der Waals surface area contributed by atoms with Gasteiger partial charge in [0, 0.05) is 18.2 Å². The SMILES string of the molecule is C=Cc1cn(C2OC(CO)CC2(C)O)c2ncnc(NO)c12. The summed E-state index contributed by atoms with van der Waals surface area (Å²) in [7, 11) is 0. The molecular weight excluding hydrogens is 288 g/mol. The Labute approximate surface area is 126 Å². The smallest absolute Gasteiger partial charge is 0.164 e. The second-order valence-corrected chi connectivity index (χ2v) is 5.58. The second-order valence-electron chi connectivity index (χ2n) is 5.58. The first-order valence-electron chi connectivity index (χ1n) is 6.88. The first-order chi connectivity index (χ1) is 10.5. The first-order valence-corrected chi connectivity index (χ1v) is 6.88. The molecule has 0 saturated carbocycles. The van der Waals surface area contributed by atoms with E-state index in [2.05, 4.69) is 16.5 Å². The fourth-order valence-corrected chi connectivity index (χ4v) is 2.94. The number of ether oxygens (including phenoxy) is 1. The van der Waals surface area contributed by atoms with Crippen LogP contribution in [0.25, 0.3) is 17.1 Å². The Kier molecular flexibility index (Phi) is 3.61. The Hall–Kier alpha value is -2.00. The maximum Gasteiger partial charge on any atom is 0.164 e. The Morgan fingerprint density at radius 3 is 2.95 bits per heavy atom. The number of aromatic nitrogens is 3. The van der Waals surface area contributed by atoms with Crippen LogP contribution < -0.4 is 5.48 Å². The molecule has 2 aromatic rings. The van der Waals surface area contributed by atoms with Gasteiger partial charge in [-0.15, -0.1) is 0 Å². The van der Waals surface area contributed by atoms with Crippen molar-refractivity contribution in [2.45, 2.75) is 31.3 Å². The standard InChI is InChI=1S/C14H18N4O4/c1-3-8-5-18(12-10(8)11(17-21)15-7-16-12)13-14(2,20)4-9(6-19)22-13/h3,5,7,9,13,19-21H,1,4,6H2,2H3,(H,15,16,17). The largest absolute Gasteiger partial charge is 0.394 e. The highest BCUT2D eigenvalue weighted by Crippen LogP contribution is 2.40. The average Bonchev–Trinajstić information content (AvgIpc) is 3.03. The van der Waals surface area contributed by atoms with Crippen molar-refractivity contribution in [3.63, 3.8) is 0 Å². The molecule has 0 bridgehead atoms. The average molecular weight is 306 g/mol. The minimum absolute atomic E-state index is 0.168. The molecule has 3 heterocycles. The van der Waals surface area contributed by atoms with Crippen molar-refractivity contribution in [1.82, 2.24) is 14.5 Å². The van der Waals surface area contributed by atoms with Crippen molar-refractivity contribution in [2.75, 3.05) is 12.1 Å². The number of hydrogen-bond donors (Lipinski definition) is 4. The Morgan fingerprint density at radius 1 is 1.59 bits per heavy atom. The molecular formula is C14H18N4O4. The lowest BCUT2D eigenvalue weighted by molar-refractivity contribution is -0.0852. The molecule has 0 aromatic carbocycles. The molecule has 1 fully saturated rings. The Morgan fingerprint density at radius 2 is 2.36 bits per heavy atom. The zero-order valence-electron chi connectivity index (χ0n) is 12.1. The van der Waals surface area contributed by atoms with Gasteiger partial charge in [0.15, 0.2) is 12.0 Å². The predicted octanol–water partition coefficient (Wildman–Crippen LogP) is 0.906. The van der Waals surface area contributed by atoms with Crippen LogP contribution in [0.3, 0.4) is 0 Å². The molecule has 4 N–H and O–H groups in total. The minimum atomic E-state index is -1.16. The van der Waals surface area contributed by atoms with Gasteiger partial charge in [0.1, 0.15) is 17.6 Å². The van der Waals surface area contributed by atoms with Crippen LogP contribution in [-0.4, -0.2) is 48.3 Å². The summed E-state index contributed by atoms with van der Waals surface area (Å²) in [6, 6.07) is 0. The van der Waals surface area contributed by atoms with E-state index in [9.17, 15) is 15.4 Å². The third-order valence-electron chi connectivity index (χ3n) is 3.92. The van der Waals surface area contributed by atoms with Crippen molar-refractivity contribution in [1.29, 1.82) is 0 Å². The number of aliphatic hydroxyl groups is 2. The normalized spacial score (nSPS) is 28.2. The van der Waals surface area contributed by atoms with Gasteiger partial charge in [-0.2, -0.15) is 0 Å². The van der Waals surface area contributed by atoms with Crippen LogP contribution in [0, 0.1) is 0 Å². The summed E-state index contributed by atoms with van der Waals surface area (Å²) in [6.07, 6.45) is 3.80. The van der Waals surface area contributed by atoms with Crippen molar-refractivity contribution in [2.24, 2.45) is 0 Å². The van der Waals surface area contributed by atoms with Crippen LogP contribution in [0.5, 0.6) is 0 Å². The summed E-state index contributed by atoms with van der Waals surface area (Å²) in [5.41, 5.74) is 2.06. The van der Waals surface area contributed by atoms with Crippen LogP contribution in [0.15, 0.2) is 19.1 Å². The molecule has 22 heavy (non-hydrogen) atoms. The van der Waals surface area contributed by atoms with E-state index < -0.39 is 17.9 Å². The highest BCUT2D eigenvalue weighted by atomic mass is 16.5. The van der Waals surface area contributed by atoms with Crippen molar-refractivity contribution < 1.29 is 20.2 Å². The third-order valence-corrected chi connectivity index (χ3v) is 3.92. The summed E-state index contributed by atoms with van der Waals surface area (Å²) in [4.78, 5) is 8.18. The fraction of sp³-hybridized carbons (Fsp3) is 0.429. The van der Waals surface area contributed by atoms with Gasteiger partial charge in [0.2, 0.25) is 0 Å².